The summed E-state index contributed by atoms with van der Waals surface area (Å²) >= 11 is 0. The van der Waals surface area contributed by atoms with Gasteiger partial charge >= 0.3 is 0 Å². The Labute approximate surface area is 126 Å². The molecule has 1 rings (SSSR count). The smallest absolute Gasteiger partial charge is 0.242 e. The maximum absolute atomic E-state index is 11.9. The van der Waals surface area contributed by atoms with E-state index in [-0.39, 0.29) is 10.8 Å². The highest BCUT2D eigenvalue weighted by Crippen LogP contribution is 2.13. The highest BCUT2D eigenvalue weighted by molar-refractivity contribution is 7.89. The molecule has 3 N–H and O–H groups in total. The van der Waals surface area contributed by atoms with Gasteiger partial charge in [0, 0.05) is 20.6 Å². The van der Waals surface area contributed by atoms with E-state index in [1.807, 2.05) is 6.92 Å². The van der Waals surface area contributed by atoms with E-state index in [0.29, 0.717) is 13.0 Å². The summed E-state index contributed by atoms with van der Waals surface area (Å²) in [6, 6.07) is 5.93. The molecule has 1 aromatic rings. The zero-order chi connectivity index (χ0) is 16.0. The average Bonchev–Trinajstić information content (AvgIpc) is 2.45. The van der Waals surface area contributed by atoms with Crippen LogP contribution in [0.15, 0.2) is 29.2 Å². The molecule has 0 aliphatic heterocycles. The Hall–Kier alpha value is -1.44. The zero-order valence-corrected chi connectivity index (χ0v) is 13.5. The number of sulfonamides is 1. The van der Waals surface area contributed by atoms with Crippen molar-refractivity contribution in [1.82, 2.24) is 9.62 Å². The van der Waals surface area contributed by atoms with Crippen LogP contribution in [0.4, 0.5) is 0 Å². The van der Waals surface area contributed by atoms with E-state index in [9.17, 15) is 13.2 Å². The third-order valence-corrected chi connectivity index (χ3v) is 4.93. The fraction of sp³-hybridized carbons (Fsp3) is 0.500. The van der Waals surface area contributed by atoms with Gasteiger partial charge in [-0.3, -0.25) is 4.79 Å². The molecule has 1 aromatic carbocycles. The van der Waals surface area contributed by atoms with Crippen molar-refractivity contribution in [3.05, 3.63) is 29.8 Å². The summed E-state index contributed by atoms with van der Waals surface area (Å²) in [5.41, 5.74) is 6.53. The van der Waals surface area contributed by atoms with Gasteiger partial charge < -0.3 is 11.1 Å². The third kappa shape index (κ3) is 4.80. The number of benzene rings is 1. The Morgan fingerprint density at radius 1 is 1.29 bits per heavy atom. The molecule has 0 aliphatic rings. The molecule has 21 heavy (non-hydrogen) atoms. The number of carbonyl (C=O) groups is 1. The summed E-state index contributed by atoms with van der Waals surface area (Å²) in [5, 5.41) is 2.74. The molecule has 118 valence electrons. The number of amides is 1. The van der Waals surface area contributed by atoms with Gasteiger partial charge in [0.1, 0.15) is 0 Å². The van der Waals surface area contributed by atoms with Crippen LogP contribution in [0.2, 0.25) is 0 Å². The van der Waals surface area contributed by atoms with Crippen molar-refractivity contribution < 1.29 is 13.2 Å². The maximum atomic E-state index is 11.9. The van der Waals surface area contributed by atoms with Crippen molar-refractivity contribution in [2.24, 2.45) is 5.73 Å². The highest BCUT2D eigenvalue weighted by atomic mass is 32.2. The van der Waals surface area contributed by atoms with Gasteiger partial charge in [0.2, 0.25) is 15.9 Å². The number of nitrogens with two attached hydrogens (primary N) is 1. The minimum atomic E-state index is -3.42. The SMILES string of the molecule is CCCC(N)C(=O)NCc1ccc(S(=O)(=O)N(C)C)cc1. The van der Waals surface area contributed by atoms with Gasteiger partial charge in [0.05, 0.1) is 10.9 Å². The Kier molecular flexibility index (Phi) is 6.32. The van der Waals surface area contributed by atoms with Gasteiger partial charge in [0.15, 0.2) is 0 Å². The molecule has 1 unspecified atom stereocenters. The number of nitrogens with one attached hydrogen (secondary N) is 1. The lowest BCUT2D eigenvalue weighted by Gasteiger charge is -2.13. The van der Waals surface area contributed by atoms with E-state index in [0.717, 1.165) is 16.3 Å². The minimum Gasteiger partial charge on any atom is -0.351 e. The first kappa shape index (κ1) is 17.6. The maximum Gasteiger partial charge on any atom is 0.242 e. The first-order valence-corrected chi connectivity index (χ1v) is 8.27. The Morgan fingerprint density at radius 2 is 1.86 bits per heavy atom. The van der Waals surface area contributed by atoms with Crippen LogP contribution in [0.3, 0.4) is 0 Å². The van der Waals surface area contributed by atoms with Crippen LogP contribution in [0.5, 0.6) is 0 Å². The molecular formula is C14H23N3O3S. The summed E-state index contributed by atoms with van der Waals surface area (Å²) in [4.78, 5) is 11.9. The Bertz CT molecular complexity index is 568. The second kappa shape index (κ2) is 7.53. The molecule has 0 saturated carbocycles. The molecule has 0 aliphatic carbocycles. The molecule has 1 amide bonds. The van der Waals surface area contributed by atoms with Crippen LogP contribution < -0.4 is 11.1 Å². The van der Waals surface area contributed by atoms with E-state index in [2.05, 4.69) is 5.32 Å². The standard InChI is InChI=1S/C14H23N3O3S/c1-4-5-13(15)14(18)16-10-11-6-8-12(9-7-11)21(19,20)17(2)3/h6-9,13H,4-5,10,15H2,1-3H3,(H,16,18). The second-order valence-electron chi connectivity index (χ2n) is 5.04. The van der Waals surface area contributed by atoms with Crippen molar-refractivity contribution in [3.63, 3.8) is 0 Å². The molecule has 0 saturated heterocycles. The number of hydrogen-bond acceptors (Lipinski definition) is 4. The molecule has 0 radical (unpaired) electrons. The predicted octanol–water partition coefficient (Wildman–Crippen LogP) is 0.681. The van der Waals surface area contributed by atoms with E-state index >= 15 is 0 Å². The summed E-state index contributed by atoms with van der Waals surface area (Å²) in [6.45, 7) is 2.30. The number of rotatable bonds is 7. The minimum absolute atomic E-state index is 0.193. The van der Waals surface area contributed by atoms with E-state index < -0.39 is 16.1 Å². The van der Waals surface area contributed by atoms with Crippen LogP contribution in [0, 0.1) is 0 Å². The van der Waals surface area contributed by atoms with Gasteiger partial charge in [-0.2, -0.15) is 0 Å². The molecule has 0 bridgehead atoms. The van der Waals surface area contributed by atoms with Gasteiger partial charge in [-0.1, -0.05) is 25.5 Å². The van der Waals surface area contributed by atoms with Crippen LogP contribution in [-0.4, -0.2) is 38.8 Å². The second-order valence-corrected chi connectivity index (χ2v) is 7.20. The van der Waals surface area contributed by atoms with Gasteiger partial charge in [0.25, 0.3) is 0 Å². The molecule has 1 atom stereocenters. The van der Waals surface area contributed by atoms with Crippen molar-refractivity contribution in [1.29, 1.82) is 0 Å². The molecule has 6 nitrogen and oxygen atoms in total. The molecule has 0 heterocycles. The zero-order valence-electron chi connectivity index (χ0n) is 12.7. The van der Waals surface area contributed by atoms with E-state index in [1.165, 1.54) is 26.2 Å². The number of nitrogens with zero attached hydrogens (tertiary/aromatic N) is 1. The Morgan fingerprint density at radius 3 is 2.33 bits per heavy atom. The monoisotopic (exact) mass is 313 g/mol. The van der Waals surface area contributed by atoms with Gasteiger partial charge in [-0.25, -0.2) is 12.7 Å². The van der Waals surface area contributed by atoms with Crippen LogP contribution in [0.1, 0.15) is 25.3 Å². The van der Waals surface area contributed by atoms with Gasteiger partial charge in [-0.15, -0.1) is 0 Å². The summed E-state index contributed by atoms with van der Waals surface area (Å²) in [7, 11) is -0.450. The lowest BCUT2D eigenvalue weighted by atomic mass is 10.1. The van der Waals surface area contributed by atoms with Crippen molar-refractivity contribution in [2.45, 2.75) is 37.2 Å². The van der Waals surface area contributed by atoms with Crippen LogP contribution in [0.25, 0.3) is 0 Å². The fourth-order valence-electron chi connectivity index (χ4n) is 1.75. The van der Waals surface area contributed by atoms with Crippen LogP contribution >= 0.6 is 0 Å². The topological polar surface area (TPSA) is 92.5 Å². The summed E-state index contributed by atoms with van der Waals surface area (Å²) in [6.07, 6.45) is 1.50. The average molecular weight is 313 g/mol. The lowest BCUT2D eigenvalue weighted by molar-refractivity contribution is -0.122. The number of carbonyl (C=O) groups excluding carboxylic acids is 1. The third-order valence-electron chi connectivity index (χ3n) is 3.11. The van der Waals surface area contributed by atoms with Crippen LogP contribution in [-0.2, 0) is 21.4 Å². The highest BCUT2D eigenvalue weighted by Gasteiger charge is 2.16. The number of hydrogen-bond donors (Lipinski definition) is 2. The molecule has 7 heteroatoms. The summed E-state index contributed by atoms with van der Waals surface area (Å²) < 4.78 is 25.0. The lowest BCUT2D eigenvalue weighted by Crippen LogP contribution is -2.40. The largest absolute Gasteiger partial charge is 0.351 e. The van der Waals surface area contributed by atoms with E-state index in [4.69, 9.17) is 5.73 Å². The Balaban J connectivity index is 2.66. The first-order valence-electron chi connectivity index (χ1n) is 6.83. The molecule has 0 fully saturated rings. The normalized spacial score (nSPS) is 13.2. The predicted molar refractivity (Wildman–Crippen MR) is 82.0 cm³/mol. The van der Waals surface area contributed by atoms with Crippen molar-refractivity contribution in [3.8, 4) is 0 Å². The molecule has 0 aromatic heterocycles. The van der Waals surface area contributed by atoms with Crippen molar-refractivity contribution in [2.75, 3.05) is 14.1 Å². The first-order chi connectivity index (χ1) is 9.78. The van der Waals surface area contributed by atoms with Gasteiger partial charge in [-0.05, 0) is 24.1 Å². The molecule has 0 spiro atoms. The van der Waals surface area contributed by atoms with E-state index in [1.54, 1.807) is 12.1 Å². The molecular weight excluding hydrogens is 290 g/mol. The quantitative estimate of drug-likeness (QED) is 0.774. The fourth-order valence-corrected chi connectivity index (χ4v) is 2.65. The summed E-state index contributed by atoms with van der Waals surface area (Å²) in [5.74, 6) is -0.193. The van der Waals surface area contributed by atoms with Crippen molar-refractivity contribution >= 4 is 15.9 Å².